The fourth-order valence-electron chi connectivity index (χ4n) is 2.96. The molecular weight excluding hydrogens is 288 g/mol. The molecule has 0 saturated heterocycles. The van der Waals surface area contributed by atoms with Crippen LogP contribution in [0.2, 0.25) is 0 Å². The molecule has 2 aromatic rings. The van der Waals surface area contributed by atoms with Crippen molar-refractivity contribution in [3.63, 3.8) is 0 Å². The van der Waals surface area contributed by atoms with E-state index in [0.717, 1.165) is 12.8 Å². The second kappa shape index (κ2) is 6.65. The number of carbonyl (C=O) groups is 2. The van der Waals surface area contributed by atoms with Gasteiger partial charge in [-0.1, -0.05) is 12.1 Å². The molecule has 2 N–H and O–H groups in total. The Morgan fingerprint density at radius 1 is 0.870 bits per heavy atom. The normalized spacial score (nSPS) is 13.1. The smallest absolute Gasteiger partial charge is 0.255 e. The van der Waals surface area contributed by atoms with Gasteiger partial charge >= 0.3 is 0 Å². The van der Waals surface area contributed by atoms with Crippen LogP contribution >= 0.6 is 0 Å². The molecular formula is C19H20N2O2. The number of hydrogen-bond donors (Lipinski definition) is 2. The number of anilines is 1. The third-order valence-electron chi connectivity index (χ3n) is 4.22. The fourth-order valence-corrected chi connectivity index (χ4v) is 2.96. The molecule has 4 nitrogen and oxygen atoms in total. The van der Waals surface area contributed by atoms with Crippen molar-refractivity contribution in [2.24, 2.45) is 0 Å². The Morgan fingerprint density at radius 3 is 2.39 bits per heavy atom. The quantitative estimate of drug-likeness (QED) is 0.915. The lowest BCUT2D eigenvalue weighted by Gasteiger charge is -2.16. The zero-order valence-corrected chi connectivity index (χ0v) is 13.2. The van der Waals surface area contributed by atoms with Crippen molar-refractivity contribution < 1.29 is 9.59 Å². The van der Waals surface area contributed by atoms with Crippen molar-refractivity contribution in [3.05, 3.63) is 64.7 Å². The number of rotatable bonds is 3. The highest BCUT2D eigenvalue weighted by molar-refractivity contribution is 6.05. The van der Waals surface area contributed by atoms with Crippen LogP contribution in [0.3, 0.4) is 0 Å². The first-order valence-electron chi connectivity index (χ1n) is 7.92. The summed E-state index contributed by atoms with van der Waals surface area (Å²) in [6.07, 6.45) is 4.56. The van der Waals surface area contributed by atoms with Crippen LogP contribution in [0.4, 0.5) is 5.69 Å². The molecule has 118 valence electrons. The Bertz CT molecular complexity index is 753. The van der Waals surface area contributed by atoms with Crippen molar-refractivity contribution in [2.45, 2.75) is 25.7 Å². The highest BCUT2D eigenvalue weighted by Gasteiger charge is 2.13. The van der Waals surface area contributed by atoms with E-state index in [1.54, 1.807) is 31.3 Å². The molecule has 1 aliphatic carbocycles. The third-order valence-corrected chi connectivity index (χ3v) is 4.22. The molecule has 2 amide bonds. The largest absolute Gasteiger partial charge is 0.355 e. The Balaban J connectivity index is 1.78. The molecule has 2 aromatic carbocycles. The summed E-state index contributed by atoms with van der Waals surface area (Å²) in [5, 5.41) is 5.44. The fraction of sp³-hybridized carbons (Fsp3) is 0.263. The first kappa shape index (κ1) is 15.3. The van der Waals surface area contributed by atoms with Crippen molar-refractivity contribution in [2.75, 3.05) is 12.4 Å². The predicted molar refractivity (Wildman–Crippen MR) is 90.9 cm³/mol. The Morgan fingerprint density at radius 2 is 1.61 bits per heavy atom. The molecule has 0 aromatic heterocycles. The zero-order chi connectivity index (χ0) is 16.2. The van der Waals surface area contributed by atoms with Crippen LogP contribution in [0.1, 0.15) is 44.7 Å². The van der Waals surface area contributed by atoms with Gasteiger partial charge in [-0.3, -0.25) is 9.59 Å². The van der Waals surface area contributed by atoms with Crippen LogP contribution in [-0.2, 0) is 12.8 Å². The highest BCUT2D eigenvalue weighted by Crippen LogP contribution is 2.22. The summed E-state index contributed by atoms with van der Waals surface area (Å²) in [6, 6.07) is 12.9. The maximum Gasteiger partial charge on any atom is 0.255 e. The molecule has 23 heavy (non-hydrogen) atoms. The van der Waals surface area contributed by atoms with Crippen LogP contribution < -0.4 is 10.6 Å². The lowest BCUT2D eigenvalue weighted by molar-refractivity contribution is 0.0961. The number of fused-ring (bicyclic) bond motifs is 1. The SMILES string of the molecule is CNC(=O)c1cccc(NC(=O)c2ccc3c(c2)CCCC3)c1. The average Bonchev–Trinajstić information content (AvgIpc) is 2.60. The molecule has 0 atom stereocenters. The molecule has 0 spiro atoms. The molecule has 3 rings (SSSR count). The molecule has 0 aliphatic heterocycles. The second-order valence-electron chi connectivity index (χ2n) is 5.80. The monoisotopic (exact) mass is 308 g/mol. The van der Waals surface area contributed by atoms with E-state index in [1.807, 2.05) is 12.1 Å². The number of benzene rings is 2. The van der Waals surface area contributed by atoms with Gasteiger partial charge in [-0.15, -0.1) is 0 Å². The Labute approximate surface area is 135 Å². The standard InChI is InChI=1S/C19H20N2O2/c1-20-18(22)15-7-4-8-17(12-15)21-19(23)16-10-9-13-5-2-3-6-14(13)11-16/h4,7-12H,2-3,5-6H2,1H3,(H,20,22)(H,21,23). The van der Waals surface area contributed by atoms with E-state index in [-0.39, 0.29) is 11.8 Å². The van der Waals surface area contributed by atoms with Gasteiger partial charge < -0.3 is 10.6 Å². The van der Waals surface area contributed by atoms with Gasteiger partial charge in [0.2, 0.25) is 0 Å². The molecule has 0 fully saturated rings. The summed E-state index contributed by atoms with van der Waals surface area (Å²) in [5.74, 6) is -0.317. The minimum Gasteiger partial charge on any atom is -0.355 e. The van der Waals surface area contributed by atoms with Gasteiger partial charge in [0.1, 0.15) is 0 Å². The number of carbonyl (C=O) groups excluding carboxylic acids is 2. The van der Waals surface area contributed by atoms with E-state index < -0.39 is 0 Å². The summed E-state index contributed by atoms with van der Waals surface area (Å²) >= 11 is 0. The van der Waals surface area contributed by atoms with Gasteiger partial charge in [0, 0.05) is 23.9 Å². The number of hydrogen-bond acceptors (Lipinski definition) is 2. The third kappa shape index (κ3) is 3.42. The second-order valence-corrected chi connectivity index (χ2v) is 5.80. The minimum absolute atomic E-state index is 0.146. The predicted octanol–water partition coefficient (Wildman–Crippen LogP) is 3.18. The number of aryl methyl sites for hydroxylation is 2. The van der Waals surface area contributed by atoms with Crippen molar-refractivity contribution in [1.29, 1.82) is 0 Å². The summed E-state index contributed by atoms with van der Waals surface area (Å²) in [6.45, 7) is 0. The number of nitrogens with one attached hydrogen (secondary N) is 2. The molecule has 0 radical (unpaired) electrons. The summed E-state index contributed by atoms with van der Waals surface area (Å²) in [7, 11) is 1.58. The van der Waals surface area contributed by atoms with Gasteiger partial charge in [0.05, 0.1) is 0 Å². The van der Waals surface area contributed by atoms with Crippen LogP contribution in [-0.4, -0.2) is 18.9 Å². The van der Waals surface area contributed by atoms with E-state index in [9.17, 15) is 9.59 Å². The lowest BCUT2D eigenvalue weighted by atomic mass is 9.90. The van der Waals surface area contributed by atoms with Gasteiger partial charge in [-0.05, 0) is 67.1 Å². The van der Waals surface area contributed by atoms with Gasteiger partial charge in [0.15, 0.2) is 0 Å². The van der Waals surface area contributed by atoms with E-state index in [1.165, 1.54) is 24.0 Å². The Kier molecular flexibility index (Phi) is 4.42. The van der Waals surface area contributed by atoms with Crippen molar-refractivity contribution >= 4 is 17.5 Å². The zero-order valence-electron chi connectivity index (χ0n) is 13.2. The minimum atomic E-state index is -0.171. The molecule has 0 bridgehead atoms. The van der Waals surface area contributed by atoms with Gasteiger partial charge in [-0.2, -0.15) is 0 Å². The molecule has 0 heterocycles. The maximum absolute atomic E-state index is 12.4. The summed E-state index contributed by atoms with van der Waals surface area (Å²) in [4.78, 5) is 24.1. The molecule has 4 heteroatoms. The number of amides is 2. The lowest BCUT2D eigenvalue weighted by Crippen LogP contribution is -2.18. The van der Waals surface area contributed by atoms with Gasteiger partial charge in [0.25, 0.3) is 11.8 Å². The maximum atomic E-state index is 12.4. The highest BCUT2D eigenvalue weighted by atomic mass is 16.2. The summed E-state index contributed by atoms with van der Waals surface area (Å²) in [5.41, 5.74) is 4.44. The first-order chi connectivity index (χ1) is 11.2. The van der Waals surface area contributed by atoms with Crippen LogP contribution in [0, 0.1) is 0 Å². The van der Waals surface area contributed by atoms with Crippen molar-refractivity contribution in [1.82, 2.24) is 5.32 Å². The van der Waals surface area contributed by atoms with Crippen molar-refractivity contribution in [3.8, 4) is 0 Å². The van der Waals surface area contributed by atoms with E-state index in [0.29, 0.717) is 16.8 Å². The van der Waals surface area contributed by atoms with E-state index >= 15 is 0 Å². The van der Waals surface area contributed by atoms with Crippen LogP contribution in [0.15, 0.2) is 42.5 Å². The first-order valence-corrected chi connectivity index (χ1v) is 7.92. The van der Waals surface area contributed by atoms with Gasteiger partial charge in [-0.25, -0.2) is 0 Å². The topological polar surface area (TPSA) is 58.2 Å². The van der Waals surface area contributed by atoms with E-state index in [4.69, 9.17) is 0 Å². The molecule has 0 saturated carbocycles. The van der Waals surface area contributed by atoms with Crippen LogP contribution in [0.25, 0.3) is 0 Å². The molecule has 0 unspecified atom stereocenters. The average molecular weight is 308 g/mol. The van der Waals surface area contributed by atoms with E-state index in [2.05, 4.69) is 16.7 Å². The Hall–Kier alpha value is -2.62. The van der Waals surface area contributed by atoms with Crippen LogP contribution in [0.5, 0.6) is 0 Å². The molecule has 1 aliphatic rings. The summed E-state index contributed by atoms with van der Waals surface area (Å²) < 4.78 is 0.